The fourth-order valence-electron chi connectivity index (χ4n) is 2.63. The van der Waals surface area contributed by atoms with E-state index in [4.69, 9.17) is 4.74 Å². The summed E-state index contributed by atoms with van der Waals surface area (Å²) in [5.41, 5.74) is 2.19. The van der Waals surface area contributed by atoms with E-state index in [-0.39, 0.29) is 18.1 Å². The fourth-order valence-corrected chi connectivity index (χ4v) is 2.63. The smallest absolute Gasteiger partial charge is 0.241 e. The zero-order chi connectivity index (χ0) is 14.0. The molecular formula is C15H22N2O2. The second kappa shape index (κ2) is 5.61. The average Bonchev–Trinajstić information content (AvgIpc) is 2.67. The summed E-state index contributed by atoms with van der Waals surface area (Å²) >= 11 is 0. The van der Waals surface area contributed by atoms with Gasteiger partial charge in [-0.15, -0.1) is 0 Å². The van der Waals surface area contributed by atoms with Gasteiger partial charge in [-0.25, -0.2) is 0 Å². The van der Waals surface area contributed by atoms with Gasteiger partial charge in [0.2, 0.25) is 5.91 Å². The predicted molar refractivity (Wildman–Crippen MR) is 75.1 cm³/mol. The number of nitrogens with zero attached hydrogens (tertiary/aromatic N) is 1. The number of ether oxygens (including phenoxy) is 1. The predicted octanol–water partition coefficient (Wildman–Crippen LogP) is 2.23. The lowest BCUT2D eigenvalue weighted by atomic mass is 10.1. The summed E-state index contributed by atoms with van der Waals surface area (Å²) in [6, 6.07) is 6.00. The Kier molecular flexibility index (Phi) is 4.10. The highest BCUT2D eigenvalue weighted by molar-refractivity contribution is 5.84. The lowest BCUT2D eigenvalue weighted by Gasteiger charge is -2.20. The maximum absolute atomic E-state index is 12.1. The summed E-state index contributed by atoms with van der Waals surface area (Å²) in [5.74, 6) is 1.06. The van der Waals surface area contributed by atoms with Crippen LogP contribution in [-0.4, -0.2) is 31.0 Å². The van der Waals surface area contributed by atoms with Crippen LogP contribution < -0.4 is 10.1 Å². The molecule has 2 unspecified atom stereocenters. The number of carbonyl (C=O) groups is 1. The Bertz CT molecular complexity index is 473. The van der Waals surface area contributed by atoms with E-state index in [2.05, 4.69) is 18.3 Å². The van der Waals surface area contributed by atoms with Crippen LogP contribution in [-0.2, 0) is 4.79 Å². The molecule has 0 saturated carbocycles. The summed E-state index contributed by atoms with van der Waals surface area (Å²) in [6.45, 7) is 4.11. The topological polar surface area (TPSA) is 41.6 Å². The molecule has 4 heteroatoms. The minimum absolute atomic E-state index is 0.0337. The first-order valence-corrected chi connectivity index (χ1v) is 6.75. The van der Waals surface area contributed by atoms with Gasteiger partial charge in [0, 0.05) is 7.05 Å². The Morgan fingerprint density at radius 3 is 2.74 bits per heavy atom. The first kappa shape index (κ1) is 13.9. The summed E-state index contributed by atoms with van der Waals surface area (Å²) in [5, 5.41) is 3.41. The second-order valence-corrected chi connectivity index (χ2v) is 5.09. The van der Waals surface area contributed by atoms with E-state index in [9.17, 15) is 4.79 Å². The zero-order valence-corrected chi connectivity index (χ0v) is 12.1. The van der Waals surface area contributed by atoms with Crippen LogP contribution in [0.3, 0.4) is 0 Å². The van der Waals surface area contributed by atoms with Crippen LogP contribution in [0, 0.1) is 6.92 Å². The Balaban J connectivity index is 2.22. The Hall–Kier alpha value is -1.55. The third-order valence-electron chi connectivity index (χ3n) is 3.70. The first-order chi connectivity index (χ1) is 9.08. The molecule has 1 aromatic rings. The molecule has 1 amide bonds. The quantitative estimate of drug-likeness (QED) is 0.904. The standard InChI is InChI=1S/C15H22N2O2/c1-5-6-12-15(18)17(3)14(16-12)11-7-8-13(19-4)10(2)9-11/h7-9,12,14,16H,5-6H2,1-4H3. The van der Waals surface area contributed by atoms with E-state index in [0.717, 1.165) is 29.7 Å². The van der Waals surface area contributed by atoms with Crippen LogP contribution in [0.5, 0.6) is 5.75 Å². The number of likely N-dealkylation sites (N-methyl/N-ethyl adjacent to an activating group) is 1. The fraction of sp³-hybridized carbons (Fsp3) is 0.533. The molecular weight excluding hydrogens is 240 g/mol. The molecule has 1 aromatic carbocycles. The highest BCUT2D eigenvalue weighted by atomic mass is 16.5. The molecule has 1 N–H and O–H groups in total. The van der Waals surface area contributed by atoms with Crippen LogP contribution in [0.2, 0.25) is 0 Å². The van der Waals surface area contributed by atoms with E-state index in [1.54, 1.807) is 12.0 Å². The third kappa shape index (κ3) is 2.59. The van der Waals surface area contributed by atoms with Crippen molar-refractivity contribution < 1.29 is 9.53 Å². The largest absolute Gasteiger partial charge is 0.496 e. The van der Waals surface area contributed by atoms with Gasteiger partial charge in [-0.2, -0.15) is 0 Å². The maximum Gasteiger partial charge on any atom is 0.241 e. The Morgan fingerprint density at radius 2 is 2.16 bits per heavy atom. The van der Waals surface area contributed by atoms with Crippen molar-refractivity contribution in [2.45, 2.75) is 38.9 Å². The SMILES string of the molecule is CCCC1NC(c2ccc(OC)c(C)c2)N(C)C1=O. The van der Waals surface area contributed by atoms with E-state index in [1.165, 1.54) is 0 Å². The summed E-state index contributed by atoms with van der Waals surface area (Å²) in [6.07, 6.45) is 1.86. The van der Waals surface area contributed by atoms with Gasteiger partial charge >= 0.3 is 0 Å². The minimum atomic E-state index is -0.0533. The van der Waals surface area contributed by atoms with Crippen LogP contribution in [0.4, 0.5) is 0 Å². The normalized spacial score (nSPS) is 22.9. The molecule has 1 heterocycles. The number of carbonyl (C=O) groups excluding carboxylic acids is 1. The molecule has 0 aliphatic carbocycles. The molecule has 1 saturated heterocycles. The molecule has 0 spiro atoms. The first-order valence-electron chi connectivity index (χ1n) is 6.75. The van der Waals surface area contributed by atoms with Crippen molar-refractivity contribution in [2.75, 3.05) is 14.2 Å². The number of methoxy groups -OCH3 is 1. The van der Waals surface area contributed by atoms with Crippen molar-refractivity contribution in [2.24, 2.45) is 0 Å². The van der Waals surface area contributed by atoms with Crippen LogP contribution in [0.15, 0.2) is 18.2 Å². The van der Waals surface area contributed by atoms with E-state index in [0.29, 0.717) is 0 Å². The number of hydrogen-bond donors (Lipinski definition) is 1. The van der Waals surface area contributed by atoms with Crippen LogP contribution in [0.1, 0.15) is 37.1 Å². The van der Waals surface area contributed by atoms with Crippen molar-refractivity contribution >= 4 is 5.91 Å². The van der Waals surface area contributed by atoms with Crippen molar-refractivity contribution in [3.8, 4) is 5.75 Å². The molecule has 104 valence electrons. The van der Waals surface area contributed by atoms with Gasteiger partial charge in [0.1, 0.15) is 11.9 Å². The lowest BCUT2D eigenvalue weighted by Crippen LogP contribution is -2.28. The van der Waals surface area contributed by atoms with E-state index >= 15 is 0 Å². The molecule has 2 atom stereocenters. The van der Waals surface area contributed by atoms with Crippen LogP contribution >= 0.6 is 0 Å². The average molecular weight is 262 g/mol. The molecule has 1 aliphatic rings. The second-order valence-electron chi connectivity index (χ2n) is 5.09. The van der Waals surface area contributed by atoms with Crippen LogP contribution in [0.25, 0.3) is 0 Å². The van der Waals surface area contributed by atoms with Gasteiger partial charge in [0.15, 0.2) is 0 Å². The molecule has 1 aliphatic heterocycles. The molecule has 0 bridgehead atoms. The number of aryl methyl sites for hydroxylation is 1. The number of amides is 1. The lowest BCUT2D eigenvalue weighted by molar-refractivity contribution is -0.128. The number of hydrogen-bond acceptors (Lipinski definition) is 3. The molecule has 4 nitrogen and oxygen atoms in total. The van der Waals surface area contributed by atoms with Crippen molar-refractivity contribution in [3.05, 3.63) is 29.3 Å². The maximum atomic E-state index is 12.1. The number of nitrogens with one attached hydrogen (secondary N) is 1. The van der Waals surface area contributed by atoms with E-state index < -0.39 is 0 Å². The van der Waals surface area contributed by atoms with Gasteiger partial charge in [-0.3, -0.25) is 10.1 Å². The molecule has 0 radical (unpaired) electrons. The zero-order valence-electron chi connectivity index (χ0n) is 12.1. The Labute approximate surface area is 114 Å². The van der Waals surface area contributed by atoms with Crippen molar-refractivity contribution in [3.63, 3.8) is 0 Å². The van der Waals surface area contributed by atoms with Gasteiger partial charge in [-0.05, 0) is 36.6 Å². The third-order valence-corrected chi connectivity index (χ3v) is 3.70. The van der Waals surface area contributed by atoms with Crippen molar-refractivity contribution in [1.29, 1.82) is 0 Å². The van der Waals surface area contributed by atoms with Gasteiger partial charge in [-0.1, -0.05) is 19.4 Å². The number of benzene rings is 1. The summed E-state index contributed by atoms with van der Waals surface area (Å²) in [7, 11) is 3.53. The molecule has 19 heavy (non-hydrogen) atoms. The van der Waals surface area contributed by atoms with Gasteiger partial charge < -0.3 is 9.64 Å². The van der Waals surface area contributed by atoms with Gasteiger partial charge in [0.25, 0.3) is 0 Å². The van der Waals surface area contributed by atoms with Crippen molar-refractivity contribution in [1.82, 2.24) is 10.2 Å². The van der Waals surface area contributed by atoms with Gasteiger partial charge in [0.05, 0.1) is 13.2 Å². The molecule has 0 aromatic heterocycles. The Morgan fingerprint density at radius 1 is 1.42 bits per heavy atom. The summed E-state index contributed by atoms with van der Waals surface area (Å²) < 4.78 is 5.27. The molecule has 1 fully saturated rings. The highest BCUT2D eigenvalue weighted by Crippen LogP contribution is 2.28. The highest BCUT2D eigenvalue weighted by Gasteiger charge is 2.36. The monoisotopic (exact) mass is 262 g/mol. The summed E-state index contributed by atoms with van der Waals surface area (Å²) in [4.78, 5) is 13.9. The number of rotatable bonds is 4. The van der Waals surface area contributed by atoms with E-state index in [1.807, 2.05) is 26.1 Å². The minimum Gasteiger partial charge on any atom is -0.496 e. The molecule has 2 rings (SSSR count).